The first-order valence-electron chi connectivity index (χ1n) is 7.47. The second-order valence-electron chi connectivity index (χ2n) is 6.08. The third-order valence-electron chi connectivity index (χ3n) is 4.68. The number of fused-ring (bicyclic) bond motifs is 1. The Balaban J connectivity index is 1.92. The quantitative estimate of drug-likeness (QED) is 0.834. The lowest BCUT2D eigenvalue weighted by molar-refractivity contribution is -0.141. The Bertz CT molecular complexity index is 740. The van der Waals surface area contributed by atoms with Crippen molar-refractivity contribution in [2.75, 3.05) is 0 Å². The van der Waals surface area contributed by atoms with Crippen LogP contribution in [0.2, 0.25) is 0 Å². The molecule has 0 unspecified atom stereocenters. The number of nitrogens with zero attached hydrogens (tertiary/aromatic N) is 1. The minimum atomic E-state index is -4.05. The van der Waals surface area contributed by atoms with Gasteiger partial charge < -0.3 is 14.4 Å². The Morgan fingerprint density at radius 3 is 2.57 bits per heavy atom. The fraction of sp³-hybridized carbons (Fsp3) is 0.571. The van der Waals surface area contributed by atoms with Crippen LogP contribution in [0.4, 0.5) is 0 Å². The molecule has 1 aliphatic heterocycles. The zero-order chi connectivity index (χ0) is 16.8. The molecule has 1 saturated heterocycles. The number of aliphatic carboxylic acids is 1. The van der Waals surface area contributed by atoms with Gasteiger partial charge in [-0.2, -0.15) is 0 Å². The third-order valence-corrected chi connectivity index (χ3v) is 5.46. The van der Waals surface area contributed by atoms with E-state index in [0.29, 0.717) is 6.42 Å². The topological polar surface area (TPSA) is 131 Å². The monoisotopic (exact) mass is 342 g/mol. The smallest absolute Gasteiger partial charge is 0.326 e. The molecule has 1 aromatic rings. The second kappa shape index (κ2) is 5.64. The number of carboxylic acid groups (broad SMARTS) is 1. The van der Waals surface area contributed by atoms with Crippen molar-refractivity contribution in [3.63, 3.8) is 0 Å². The number of furan rings is 1. The maximum Gasteiger partial charge on any atom is 0.326 e. The molecule has 23 heavy (non-hydrogen) atoms. The maximum atomic E-state index is 12.7. The lowest BCUT2D eigenvalue weighted by atomic mass is 9.84. The summed E-state index contributed by atoms with van der Waals surface area (Å²) in [5, 5.41) is 13.9. The molecule has 3 atom stereocenters. The van der Waals surface area contributed by atoms with Gasteiger partial charge >= 0.3 is 5.97 Å². The van der Waals surface area contributed by atoms with Crippen LogP contribution in [-0.2, 0) is 14.8 Å². The van der Waals surface area contributed by atoms with Gasteiger partial charge in [-0.05, 0) is 37.3 Å². The van der Waals surface area contributed by atoms with Crippen LogP contribution in [-0.4, -0.2) is 42.4 Å². The number of hydrogen-bond acceptors (Lipinski definition) is 5. The molecule has 2 fully saturated rings. The van der Waals surface area contributed by atoms with E-state index in [0.717, 1.165) is 31.7 Å². The zero-order valence-electron chi connectivity index (χ0n) is 12.3. The summed E-state index contributed by atoms with van der Waals surface area (Å²) in [5.41, 5.74) is 0. The van der Waals surface area contributed by atoms with Crippen LogP contribution in [0.25, 0.3) is 0 Å². The van der Waals surface area contributed by atoms with Gasteiger partial charge in [-0.3, -0.25) is 4.79 Å². The number of likely N-dealkylation sites (tertiary alicyclic amines) is 1. The third kappa shape index (κ3) is 2.86. The Hall–Kier alpha value is -1.87. The van der Waals surface area contributed by atoms with E-state index in [2.05, 4.69) is 0 Å². The van der Waals surface area contributed by atoms with Crippen LogP contribution in [0.3, 0.4) is 0 Å². The van der Waals surface area contributed by atoms with Crippen LogP contribution in [0.1, 0.15) is 42.7 Å². The molecule has 126 valence electrons. The molecule has 3 N–H and O–H groups in total. The minimum absolute atomic E-state index is 0.139. The lowest BCUT2D eigenvalue weighted by Crippen LogP contribution is -2.46. The standard InChI is InChI=1S/C14H18N2O6S/c15-23(20,21)12-6-5-11(22-12)13(17)16-9-4-2-1-3-8(9)7-10(16)14(18)19/h5-6,8-10H,1-4,7H2,(H,18,19)(H2,15,20,21)/t8-,9-,10-/m0/s1. The van der Waals surface area contributed by atoms with Crippen molar-refractivity contribution in [1.82, 2.24) is 4.90 Å². The summed E-state index contributed by atoms with van der Waals surface area (Å²) in [6, 6.07) is 1.28. The Morgan fingerprint density at radius 2 is 1.96 bits per heavy atom. The summed E-state index contributed by atoms with van der Waals surface area (Å²) >= 11 is 0. The van der Waals surface area contributed by atoms with Crippen LogP contribution in [0.5, 0.6) is 0 Å². The summed E-state index contributed by atoms with van der Waals surface area (Å²) in [4.78, 5) is 25.6. The molecule has 3 rings (SSSR count). The highest BCUT2D eigenvalue weighted by Crippen LogP contribution is 2.40. The Kier molecular flexibility index (Phi) is 3.93. The first kappa shape index (κ1) is 16.0. The lowest BCUT2D eigenvalue weighted by Gasteiger charge is -2.32. The molecule has 0 radical (unpaired) electrons. The highest BCUT2D eigenvalue weighted by atomic mass is 32.2. The van der Waals surface area contributed by atoms with E-state index in [1.165, 1.54) is 11.0 Å². The van der Waals surface area contributed by atoms with Crippen molar-refractivity contribution < 1.29 is 27.5 Å². The largest absolute Gasteiger partial charge is 0.480 e. The number of hydrogen-bond donors (Lipinski definition) is 2. The number of carbonyl (C=O) groups excluding carboxylic acids is 1. The molecule has 2 heterocycles. The van der Waals surface area contributed by atoms with Crippen molar-refractivity contribution in [2.45, 2.75) is 49.3 Å². The fourth-order valence-electron chi connectivity index (χ4n) is 3.69. The van der Waals surface area contributed by atoms with Gasteiger partial charge in [-0.15, -0.1) is 0 Å². The van der Waals surface area contributed by atoms with Gasteiger partial charge in [0.15, 0.2) is 5.76 Å². The molecule has 1 aliphatic carbocycles. The minimum Gasteiger partial charge on any atom is -0.480 e. The number of carbonyl (C=O) groups is 2. The number of amides is 1. The highest BCUT2D eigenvalue weighted by Gasteiger charge is 2.48. The first-order chi connectivity index (χ1) is 10.8. The number of carboxylic acids is 1. The maximum absolute atomic E-state index is 12.7. The van der Waals surface area contributed by atoms with Gasteiger partial charge in [-0.1, -0.05) is 12.8 Å². The van der Waals surface area contributed by atoms with E-state index >= 15 is 0 Å². The van der Waals surface area contributed by atoms with Gasteiger partial charge in [0.25, 0.3) is 15.9 Å². The van der Waals surface area contributed by atoms with Crippen LogP contribution >= 0.6 is 0 Å². The van der Waals surface area contributed by atoms with Crippen LogP contribution in [0, 0.1) is 5.92 Å². The van der Waals surface area contributed by atoms with Gasteiger partial charge in [0.1, 0.15) is 6.04 Å². The van der Waals surface area contributed by atoms with E-state index in [9.17, 15) is 23.1 Å². The molecular formula is C14H18N2O6S. The van der Waals surface area contributed by atoms with Crippen LogP contribution in [0.15, 0.2) is 21.6 Å². The molecule has 8 nitrogen and oxygen atoms in total. The van der Waals surface area contributed by atoms with Gasteiger partial charge in [0, 0.05) is 6.04 Å². The number of sulfonamides is 1. The Morgan fingerprint density at radius 1 is 1.26 bits per heavy atom. The Labute approximate surface area is 133 Å². The first-order valence-corrected chi connectivity index (χ1v) is 9.02. The number of primary sulfonamides is 1. The number of nitrogens with two attached hydrogens (primary N) is 1. The average molecular weight is 342 g/mol. The fourth-order valence-corrected chi connectivity index (χ4v) is 4.15. The molecule has 1 aromatic heterocycles. The molecule has 0 spiro atoms. The van der Waals surface area contributed by atoms with Crippen molar-refractivity contribution in [3.8, 4) is 0 Å². The molecule has 2 aliphatic rings. The van der Waals surface area contributed by atoms with Crippen molar-refractivity contribution >= 4 is 21.9 Å². The van der Waals surface area contributed by atoms with Crippen molar-refractivity contribution in [2.24, 2.45) is 11.1 Å². The van der Waals surface area contributed by atoms with Crippen LogP contribution < -0.4 is 5.14 Å². The summed E-state index contributed by atoms with van der Waals surface area (Å²) in [6.07, 6.45) is 4.06. The van der Waals surface area contributed by atoms with Gasteiger partial charge in [0.05, 0.1) is 0 Å². The van der Waals surface area contributed by atoms with Gasteiger partial charge in [-0.25, -0.2) is 18.4 Å². The predicted octanol–water partition coefficient (Wildman–Crippen LogP) is 0.785. The van der Waals surface area contributed by atoms with E-state index in [-0.39, 0.29) is 17.7 Å². The van der Waals surface area contributed by atoms with Gasteiger partial charge in [0.2, 0.25) is 5.09 Å². The summed E-state index contributed by atoms with van der Waals surface area (Å²) in [6.45, 7) is 0. The zero-order valence-corrected chi connectivity index (χ0v) is 13.2. The predicted molar refractivity (Wildman–Crippen MR) is 78.0 cm³/mol. The molecular weight excluding hydrogens is 324 g/mol. The van der Waals surface area contributed by atoms with Crippen molar-refractivity contribution in [3.05, 3.63) is 17.9 Å². The molecule has 1 saturated carbocycles. The normalized spacial score (nSPS) is 27.7. The molecule has 0 aromatic carbocycles. The molecule has 0 bridgehead atoms. The van der Waals surface area contributed by atoms with E-state index in [1.807, 2.05) is 0 Å². The summed E-state index contributed by atoms with van der Waals surface area (Å²) in [5.74, 6) is -1.68. The van der Waals surface area contributed by atoms with E-state index < -0.39 is 33.0 Å². The molecule has 1 amide bonds. The SMILES string of the molecule is NS(=O)(=O)c1ccc(C(=O)N2[C@H](C(=O)O)C[C@@H]3CCCC[C@@H]32)o1. The van der Waals surface area contributed by atoms with Crippen molar-refractivity contribution in [1.29, 1.82) is 0 Å². The van der Waals surface area contributed by atoms with E-state index in [4.69, 9.17) is 9.56 Å². The second-order valence-corrected chi connectivity index (χ2v) is 7.57. The highest BCUT2D eigenvalue weighted by molar-refractivity contribution is 7.89. The number of rotatable bonds is 3. The summed E-state index contributed by atoms with van der Waals surface area (Å²) < 4.78 is 27.5. The average Bonchev–Trinajstić information content (AvgIpc) is 3.11. The summed E-state index contributed by atoms with van der Waals surface area (Å²) in [7, 11) is -4.05. The molecule has 9 heteroatoms. The van der Waals surface area contributed by atoms with E-state index in [1.54, 1.807) is 0 Å².